The van der Waals surface area contributed by atoms with Crippen LogP contribution in [0.4, 0.5) is 5.69 Å². The Morgan fingerprint density at radius 3 is 2.47 bits per heavy atom. The van der Waals surface area contributed by atoms with Crippen molar-refractivity contribution in [1.82, 2.24) is 4.90 Å². The minimum absolute atomic E-state index is 0.145. The minimum Gasteiger partial charge on any atom is -0.345 e. The summed E-state index contributed by atoms with van der Waals surface area (Å²) in [5, 5.41) is 10.7. The van der Waals surface area contributed by atoms with Gasteiger partial charge in [0.05, 0.1) is 4.92 Å². The molecule has 1 amide bonds. The van der Waals surface area contributed by atoms with Crippen molar-refractivity contribution in [3.05, 3.63) is 39.4 Å². The first kappa shape index (κ1) is 11.2. The zero-order valence-electron chi connectivity index (χ0n) is 8.85. The van der Waals surface area contributed by atoms with Gasteiger partial charge in [-0.25, -0.2) is 0 Å². The molecule has 1 aromatic rings. The van der Waals surface area contributed by atoms with Crippen LogP contribution in [0.5, 0.6) is 0 Å². The van der Waals surface area contributed by atoms with E-state index in [-0.39, 0.29) is 17.2 Å². The Balaban J connectivity index is 3.37. The van der Waals surface area contributed by atoms with Gasteiger partial charge >= 0.3 is 0 Å². The molecule has 1 aromatic carbocycles. The largest absolute Gasteiger partial charge is 0.345 e. The Kier molecular flexibility index (Phi) is 3.04. The average Bonchev–Trinajstić information content (AvgIpc) is 2.16. The maximum absolute atomic E-state index is 11.7. The fraction of sp³-hybridized carbons (Fsp3) is 0.300. The maximum atomic E-state index is 11.7. The Morgan fingerprint density at radius 2 is 2.00 bits per heavy atom. The molecule has 0 saturated heterocycles. The molecule has 0 aromatic heterocycles. The van der Waals surface area contributed by atoms with Crippen molar-refractivity contribution in [1.29, 1.82) is 0 Å². The van der Waals surface area contributed by atoms with Crippen LogP contribution in [-0.4, -0.2) is 29.8 Å². The predicted molar refractivity (Wildman–Crippen MR) is 55.9 cm³/mol. The van der Waals surface area contributed by atoms with E-state index in [0.717, 1.165) is 0 Å². The van der Waals surface area contributed by atoms with Crippen LogP contribution in [-0.2, 0) is 0 Å². The van der Waals surface area contributed by atoms with Crippen LogP contribution in [0, 0.1) is 17.0 Å². The van der Waals surface area contributed by atoms with Gasteiger partial charge in [0.1, 0.15) is 5.56 Å². The van der Waals surface area contributed by atoms with Crippen LogP contribution in [0.15, 0.2) is 18.2 Å². The second kappa shape index (κ2) is 4.08. The van der Waals surface area contributed by atoms with E-state index in [4.69, 9.17) is 0 Å². The molecule has 0 spiro atoms. The average molecular weight is 208 g/mol. The molecule has 0 radical (unpaired) electrons. The topological polar surface area (TPSA) is 63.5 Å². The van der Waals surface area contributed by atoms with Crippen molar-refractivity contribution in [3.8, 4) is 0 Å². The van der Waals surface area contributed by atoms with Gasteiger partial charge in [0.15, 0.2) is 0 Å². The Bertz CT molecular complexity index is 413. The highest BCUT2D eigenvalue weighted by atomic mass is 16.6. The number of aryl methyl sites for hydroxylation is 1. The summed E-state index contributed by atoms with van der Waals surface area (Å²) < 4.78 is 0. The number of amides is 1. The van der Waals surface area contributed by atoms with Crippen molar-refractivity contribution < 1.29 is 9.72 Å². The number of carbonyl (C=O) groups excluding carboxylic acids is 1. The van der Waals surface area contributed by atoms with Crippen molar-refractivity contribution in [2.24, 2.45) is 0 Å². The van der Waals surface area contributed by atoms with Gasteiger partial charge in [0.25, 0.3) is 11.6 Å². The van der Waals surface area contributed by atoms with Gasteiger partial charge in [0, 0.05) is 20.2 Å². The number of rotatable bonds is 2. The summed E-state index contributed by atoms with van der Waals surface area (Å²) in [6, 6.07) is 4.59. The lowest BCUT2D eigenvalue weighted by Gasteiger charge is -2.12. The molecule has 5 heteroatoms. The van der Waals surface area contributed by atoms with Crippen LogP contribution >= 0.6 is 0 Å². The van der Waals surface area contributed by atoms with Gasteiger partial charge in [-0.15, -0.1) is 0 Å². The highest BCUT2D eigenvalue weighted by Gasteiger charge is 2.22. The minimum atomic E-state index is -0.538. The van der Waals surface area contributed by atoms with E-state index in [2.05, 4.69) is 0 Å². The highest BCUT2D eigenvalue weighted by molar-refractivity contribution is 5.99. The zero-order chi connectivity index (χ0) is 11.6. The predicted octanol–water partition coefficient (Wildman–Crippen LogP) is 1.61. The number of carbonyl (C=O) groups is 1. The van der Waals surface area contributed by atoms with Gasteiger partial charge in [-0.1, -0.05) is 12.1 Å². The van der Waals surface area contributed by atoms with Crippen LogP contribution in [0.25, 0.3) is 0 Å². The molecule has 0 unspecified atom stereocenters. The third-order valence-corrected chi connectivity index (χ3v) is 2.07. The van der Waals surface area contributed by atoms with Crippen molar-refractivity contribution in [2.75, 3.05) is 14.1 Å². The van der Waals surface area contributed by atoms with E-state index >= 15 is 0 Å². The van der Waals surface area contributed by atoms with E-state index in [1.807, 2.05) is 0 Å². The first-order chi connectivity index (χ1) is 6.95. The molecule has 5 nitrogen and oxygen atoms in total. The Labute approximate surface area is 87.5 Å². The molecular weight excluding hydrogens is 196 g/mol. The number of benzene rings is 1. The van der Waals surface area contributed by atoms with Gasteiger partial charge in [-0.3, -0.25) is 14.9 Å². The van der Waals surface area contributed by atoms with Crippen LogP contribution < -0.4 is 0 Å². The molecule has 15 heavy (non-hydrogen) atoms. The Hall–Kier alpha value is -1.91. The summed E-state index contributed by atoms with van der Waals surface area (Å²) in [5.41, 5.74) is 0.629. The van der Waals surface area contributed by atoms with Crippen LogP contribution in [0.1, 0.15) is 15.9 Å². The normalized spacial score (nSPS) is 9.80. The highest BCUT2D eigenvalue weighted by Crippen LogP contribution is 2.22. The molecular formula is C10H12N2O3. The monoisotopic (exact) mass is 208 g/mol. The third kappa shape index (κ3) is 2.12. The van der Waals surface area contributed by atoms with E-state index in [1.165, 1.54) is 11.0 Å². The first-order valence-electron chi connectivity index (χ1n) is 4.40. The number of hydrogen-bond acceptors (Lipinski definition) is 3. The molecule has 0 bridgehead atoms. The standard InChI is InChI=1S/C10H12N2O3/c1-7-5-4-6-8(12(14)15)9(7)10(13)11(2)3/h4-6H,1-3H3. The number of nitrogens with zero attached hydrogens (tertiary/aromatic N) is 2. The van der Waals surface area contributed by atoms with Gasteiger partial charge < -0.3 is 4.90 Å². The summed E-state index contributed by atoms with van der Waals surface area (Å²) in [5.74, 6) is -0.347. The van der Waals surface area contributed by atoms with E-state index in [1.54, 1.807) is 33.2 Å². The lowest BCUT2D eigenvalue weighted by atomic mass is 10.1. The molecule has 80 valence electrons. The molecule has 0 saturated carbocycles. The summed E-state index contributed by atoms with van der Waals surface area (Å²) in [6.07, 6.45) is 0. The molecule has 0 aliphatic carbocycles. The maximum Gasteiger partial charge on any atom is 0.282 e. The van der Waals surface area contributed by atoms with Crippen molar-refractivity contribution in [3.63, 3.8) is 0 Å². The molecule has 0 atom stereocenters. The summed E-state index contributed by atoms with van der Waals surface area (Å²) in [6.45, 7) is 1.68. The fourth-order valence-corrected chi connectivity index (χ4v) is 1.31. The quantitative estimate of drug-likeness (QED) is 0.547. The van der Waals surface area contributed by atoms with Crippen molar-refractivity contribution in [2.45, 2.75) is 6.92 Å². The van der Waals surface area contributed by atoms with Crippen molar-refractivity contribution >= 4 is 11.6 Å². The second-order valence-electron chi connectivity index (χ2n) is 3.43. The smallest absolute Gasteiger partial charge is 0.282 e. The molecule has 0 aliphatic rings. The third-order valence-electron chi connectivity index (χ3n) is 2.07. The first-order valence-corrected chi connectivity index (χ1v) is 4.40. The van der Waals surface area contributed by atoms with Gasteiger partial charge in [-0.2, -0.15) is 0 Å². The molecule has 0 N–H and O–H groups in total. The lowest BCUT2D eigenvalue weighted by molar-refractivity contribution is -0.385. The molecule has 1 rings (SSSR count). The summed E-state index contributed by atoms with van der Waals surface area (Å²) in [7, 11) is 3.14. The Morgan fingerprint density at radius 1 is 1.40 bits per heavy atom. The zero-order valence-corrected chi connectivity index (χ0v) is 8.85. The summed E-state index contributed by atoms with van der Waals surface area (Å²) in [4.78, 5) is 23.2. The van der Waals surface area contributed by atoms with E-state index < -0.39 is 4.92 Å². The van der Waals surface area contributed by atoms with Crippen LogP contribution in [0.2, 0.25) is 0 Å². The van der Waals surface area contributed by atoms with E-state index in [9.17, 15) is 14.9 Å². The summed E-state index contributed by atoms with van der Waals surface area (Å²) >= 11 is 0. The van der Waals surface area contributed by atoms with Gasteiger partial charge in [-0.05, 0) is 12.5 Å². The second-order valence-corrected chi connectivity index (χ2v) is 3.43. The molecule has 0 fully saturated rings. The van der Waals surface area contributed by atoms with Crippen LogP contribution in [0.3, 0.4) is 0 Å². The van der Waals surface area contributed by atoms with E-state index in [0.29, 0.717) is 5.56 Å². The SMILES string of the molecule is Cc1cccc([N+](=O)[O-])c1C(=O)N(C)C. The molecule has 0 aliphatic heterocycles. The number of hydrogen-bond donors (Lipinski definition) is 0. The van der Waals surface area contributed by atoms with Gasteiger partial charge in [0.2, 0.25) is 0 Å². The number of nitro groups is 1. The molecule has 0 heterocycles. The fourth-order valence-electron chi connectivity index (χ4n) is 1.31. The number of nitro benzene ring substituents is 1. The lowest BCUT2D eigenvalue weighted by Crippen LogP contribution is -2.23.